The van der Waals surface area contributed by atoms with Gasteiger partial charge in [-0.1, -0.05) is 48.5 Å². The van der Waals surface area contributed by atoms with Crippen LogP contribution in [0.15, 0.2) is 53.4 Å². The van der Waals surface area contributed by atoms with Crippen LogP contribution in [0.25, 0.3) is 23.1 Å². The monoisotopic (exact) mass is 401 g/mol. The van der Waals surface area contributed by atoms with Gasteiger partial charge in [-0.05, 0) is 29.7 Å². The Hall–Kier alpha value is -1.68. The summed E-state index contributed by atoms with van der Waals surface area (Å²) in [6.07, 6.45) is 4.97. The first-order chi connectivity index (χ1) is 12.7. The molecule has 5 heteroatoms. The molecule has 1 aliphatic rings. The first kappa shape index (κ1) is 17.7. The molecule has 0 N–H and O–H groups in total. The van der Waals surface area contributed by atoms with Gasteiger partial charge < -0.3 is 4.74 Å². The van der Waals surface area contributed by atoms with E-state index in [0.717, 1.165) is 34.3 Å². The number of fused-ring (bicyclic) bond motifs is 3. The average molecular weight is 402 g/mol. The van der Waals surface area contributed by atoms with Crippen molar-refractivity contribution in [2.45, 2.75) is 21.4 Å². The van der Waals surface area contributed by atoms with Crippen molar-refractivity contribution in [3.8, 4) is 5.75 Å². The van der Waals surface area contributed by atoms with Crippen LogP contribution in [0.1, 0.15) is 16.8 Å². The van der Waals surface area contributed by atoms with Gasteiger partial charge in [0.25, 0.3) is 0 Å². The third kappa shape index (κ3) is 3.32. The Morgan fingerprint density at radius 2 is 1.92 bits per heavy atom. The van der Waals surface area contributed by atoms with Crippen molar-refractivity contribution < 1.29 is 4.74 Å². The first-order valence-corrected chi connectivity index (χ1v) is 10.1. The van der Waals surface area contributed by atoms with E-state index in [4.69, 9.17) is 32.9 Å². The average Bonchev–Trinajstić information content (AvgIpc) is 3.12. The van der Waals surface area contributed by atoms with Crippen molar-refractivity contribution in [3.05, 3.63) is 65.4 Å². The zero-order chi connectivity index (χ0) is 18.1. The lowest BCUT2D eigenvalue weighted by Gasteiger charge is -2.11. The lowest BCUT2D eigenvalue weighted by Crippen LogP contribution is -2.10. The number of rotatable bonds is 4. The minimum atomic E-state index is -0.418. The van der Waals surface area contributed by atoms with Gasteiger partial charge in [0.2, 0.25) is 0 Å². The third-order valence-corrected chi connectivity index (χ3v) is 6.82. The Labute approximate surface area is 167 Å². The fourth-order valence-corrected chi connectivity index (χ4v) is 4.96. The number of hydrogen-bond acceptors (Lipinski definition) is 3. The lowest BCUT2D eigenvalue weighted by molar-refractivity contribution is 0.419. The van der Waals surface area contributed by atoms with Crippen LogP contribution in [0.5, 0.6) is 5.75 Å². The van der Waals surface area contributed by atoms with Crippen molar-refractivity contribution in [2.24, 2.45) is 0 Å². The van der Waals surface area contributed by atoms with Crippen LogP contribution in [-0.4, -0.2) is 22.2 Å². The molecule has 0 amide bonds. The Bertz CT molecular complexity index is 973. The molecule has 2 nitrogen and oxygen atoms in total. The van der Waals surface area contributed by atoms with E-state index in [2.05, 4.69) is 30.4 Å². The van der Waals surface area contributed by atoms with E-state index in [-0.39, 0.29) is 5.25 Å². The van der Waals surface area contributed by atoms with E-state index < -0.39 is 4.84 Å². The Kier molecular flexibility index (Phi) is 5.12. The molecule has 1 aliphatic heterocycles. The third-order valence-electron chi connectivity index (χ3n) is 4.47. The van der Waals surface area contributed by atoms with Crippen LogP contribution in [0.3, 0.4) is 0 Å². The van der Waals surface area contributed by atoms with Crippen molar-refractivity contribution in [3.63, 3.8) is 0 Å². The minimum Gasteiger partial charge on any atom is -0.494 e. The second kappa shape index (κ2) is 7.51. The highest BCUT2D eigenvalue weighted by atomic mass is 35.5. The molecule has 0 unspecified atom stereocenters. The molecule has 0 aliphatic carbocycles. The number of benzene rings is 2. The highest BCUT2D eigenvalue weighted by molar-refractivity contribution is 8.00. The number of thioether (sulfide) groups is 1. The van der Waals surface area contributed by atoms with Crippen LogP contribution >= 0.6 is 35.0 Å². The molecule has 3 aromatic rings. The number of nitrogens with zero attached hydrogens (tertiary/aromatic N) is 1. The summed E-state index contributed by atoms with van der Waals surface area (Å²) in [4.78, 5) is 5.70. The van der Waals surface area contributed by atoms with Crippen molar-refractivity contribution in [1.82, 2.24) is 4.98 Å². The molecular weight excluding hydrogens is 385 g/mol. The van der Waals surface area contributed by atoms with E-state index in [0.29, 0.717) is 0 Å². The Morgan fingerprint density at radius 1 is 1.12 bits per heavy atom. The Morgan fingerprint density at radius 3 is 2.65 bits per heavy atom. The SMILES string of the molecule is COc1cccc2c3c(c(/C=C/c4ccccc4)nc12)C[C@@H](C(Cl)Cl)S3. The molecule has 0 spiro atoms. The number of hydrogen-bond donors (Lipinski definition) is 0. The first-order valence-electron chi connectivity index (χ1n) is 8.35. The van der Waals surface area contributed by atoms with E-state index >= 15 is 0 Å². The fraction of sp³-hybridized carbons (Fsp3) is 0.190. The van der Waals surface area contributed by atoms with Gasteiger partial charge >= 0.3 is 0 Å². The summed E-state index contributed by atoms with van der Waals surface area (Å²) in [6.45, 7) is 0. The summed E-state index contributed by atoms with van der Waals surface area (Å²) in [5, 5.41) is 1.23. The van der Waals surface area contributed by atoms with Crippen LogP contribution in [-0.2, 0) is 6.42 Å². The summed E-state index contributed by atoms with van der Waals surface area (Å²) in [5.41, 5.74) is 4.16. The number of para-hydroxylation sites is 1. The number of alkyl halides is 2. The number of methoxy groups -OCH3 is 1. The van der Waals surface area contributed by atoms with Crippen LogP contribution in [0, 0.1) is 0 Å². The second-order valence-electron chi connectivity index (χ2n) is 6.10. The van der Waals surface area contributed by atoms with Crippen molar-refractivity contribution >= 4 is 58.0 Å². The van der Waals surface area contributed by atoms with E-state index in [1.165, 1.54) is 10.5 Å². The number of pyridine rings is 1. The number of halogens is 2. The topological polar surface area (TPSA) is 22.1 Å². The highest BCUT2D eigenvalue weighted by Crippen LogP contribution is 2.46. The van der Waals surface area contributed by atoms with Gasteiger partial charge in [0.1, 0.15) is 16.1 Å². The minimum absolute atomic E-state index is 0.135. The van der Waals surface area contributed by atoms with Crippen molar-refractivity contribution in [1.29, 1.82) is 0 Å². The quantitative estimate of drug-likeness (QED) is 0.483. The van der Waals surface area contributed by atoms with Gasteiger partial charge in [0.15, 0.2) is 0 Å². The summed E-state index contributed by atoms with van der Waals surface area (Å²) in [7, 11) is 1.67. The highest BCUT2D eigenvalue weighted by Gasteiger charge is 2.31. The zero-order valence-electron chi connectivity index (χ0n) is 14.2. The summed E-state index contributed by atoms with van der Waals surface area (Å²) in [6, 6.07) is 16.2. The molecule has 0 radical (unpaired) electrons. The molecule has 2 heterocycles. The van der Waals surface area contributed by atoms with Gasteiger partial charge in [-0.25, -0.2) is 4.98 Å². The predicted octanol–water partition coefficient (Wildman–Crippen LogP) is 6.23. The molecule has 0 fully saturated rings. The molecule has 0 saturated carbocycles. The summed E-state index contributed by atoms with van der Waals surface area (Å²) in [5.74, 6) is 0.775. The molecular formula is C21H17Cl2NOS. The van der Waals surface area contributed by atoms with Gasteiger partial charge in [0, 0.05) is 15.5 Å². The van der Waals surface area contributed by atoms with E-state index in [1.54, 1.807) is 18.9 Å². The molecule has 0 saturated heterocycles. The molecule has 2 aromatic carbocycles. The van der Waals surface area contributed by atoms with Gasteiger partial charge in [-0.2, -0.15) is 0 Å². The zero-order valence-corrected chi connectivity index (χ0v) is 16.5. The van der Waals surface area contributed by atoms with Gasteiger partial charge in [-0.15, -0.1) is 35.0 Å². The second-order valence-corrected chi connectivity index (χ2v) is 8.51. The smallest absolute Gasteiger partial charge is 0.145 e. The largest absolute Gasteiger partial charge is 0.494 e. The van der Waals surface area contributed by atoms with Gasteiger partial charge in [0.05, 0.1) is 12.8 Å². The molecule has 4 rings (SSSR count). The number of ether oxygens (including phenoxy) is 1. The van der Waals surface area contributed by atoms with E-state index in [1.807, 2.05) is 30.3 Å². The molecule has 1 aromatic heterocycles. The number of aromatic nitrogens is 1. The van der Waals surface area contributed by atoms with Crippen LogP contribution in [0.2, 0.25) is 0 Å². The summed E-state index contributed by atoms with van der Waals surface area (Å²) < 4.78 is 5.53. The maximum absolute atomic E-state index is 6.19. The lowest BCUT2D eigenvalue weighted by atomic mass is 10.0. The maximum Gasteiger partial charge on any atom is 0.145 e. The molecule has 26 heavy (non-hydrogen) atoms. The predicted molar refractivity (Wildman–Crippen MR) is 113 cm³/mol. The molecule has 0 bridgehead atoms. The summed E-state index contributed by atoms with van der Waals surface area (Å²) >= 11 is 14.1. The Balaban J connectivity index is 1.87. The van der Waals surface area contributed by atoms with Crippen molar-refractivity contribution in [2.75, 3.05) is 7.11 Å². The van der Waals surface area contributed by atoms with Gasteiger partial charge in [-0.3, -0.25) is 0 Å². The van der Waals surface area contributed by atoms with E-state index in [9.17, 15) is 0 Å². The normalized spacial score (nSPS) is 16.5. The standard InChI is InChI=1S/C21H17Cl2NOS/c1-25-17-9-5-8-14-19(17)24-16(11-10-13-6-3-2-4-7-13)15-12-18(21(22)23)26-20(14)15/h2-11,18,21H,12H2,1H3/b11-10+/t18-/m0/s1. The van der Waals surface area contributed by atoms with Crippen LogP contribution < -0.4 is 4.74 Å². The molecule has 1 atom stereocenters. The fourth-order valence-electron chi connectivity index (χ4n) is 3.20. The van der Waals surface area contributed by atoms with Crippen LogP contribution in [0.4, 0.5) is 0 Å². The maximum atomic E-state index is 6.19. The molecule has 132 valence electrons.